The van der Waals surface area contributed by atoms with E-state index >= 15 is 0 Å². The van der Waals surface area contributed by atoms with Crippen LogP contribution in [0, 0.1) is 6.92 Å². The van der Waals surface area contributed by atoms with Gasteiger partial charge in [0.1, 0.15) is 5.75 Å². The maximum Gasteiger partial charge on any atom is 0.234 e. The number of aromatic nitrogens is 3. The number of hydrogen-bond donors (Lipinski definition) is 2. The number of rotatable bonds is 8. The lowest BCUT2D eigenvalue weighted by Gasteiger charge is -2.13. The zero-order valence-electron chi connectivity index (χ0n) is 17.9. The molecule has 0 aliphatic rings. The summed E-state index contributed by atoms with van der Waals surface area (Å²) in [5.74, 6) is 1.03. The van der Waals surface area contributed by atoms with E-state index < -0.39 is 0 Å². The normalized spacial score (nSPS) is 10.6. The number of aryl methyl sites for hydroxylation is 1. The molecule has 2 N–H and O–H groups in total. The van der Waals surface area contributed by atoms with Crippen LogP contribution in [0.15, 0.2) is 47.6 Å². The van der Waals surface area contributed by atoms with Crippen molar-refractivity contribution in [1.29, 1.82) is 0 Å². The van der Waals surface area contributed by atoms with Gasteiger partial charge < -0.3 is 19.9 Å². The molecule has 0 spiro atoms. The molecule has 0 saturated heterocycles. The molecule has 0 atom stereocenters. The molecule has 3 rings (SSSR count). The number of nitrogens with one attached hydrogen (secondary N) is 2. The molecule has 31 heavy (non-hydrogen) atoms. The van der Waals surface area contributed by atoms with Crippen LogP contribution in [0.2, 0.25) is 0 Å². The van der Waals surface area contributed by atoms with E-state index in [2.05, 4.69) is 26.9 Å². The van der Waals surface area contributed by atoms with Crippen LogP contribution in [-0.2, 0) is 16.1 Å². The van der Waals surface area contributed by atoms with Crippen LogP contribution in [0.4, 0.5) is 11.4 Å². The molecular weight excluding hydrogens is 414 g/mol. The predicted molar refractivity (Wildman–Crippen MR) is 123 cm³/mol. The minimum atomic E-state index is -0.229. The summed E-state index contributed by atoms with van der Waals surface area (Å²) >= 11 is 1.31. The van der Waals surface area contributed by atoms with Crippen molar-refractivity contribution in [2.24, 2.45) is 0 Å². The first-order valence-corrected chi connectivity index (χ1v) is 10.8. The predicted octanol–water partition coefficient (Wildman–Crippen LogP) is 3.97. The fourth-order valence-corrected chi connectivity index (χ4v) is 3.85. The highest BCUT2D eigenvalue weighted by Crippen LogP contribution is 2.28. The minimum absolute atomic E-state index is 0.142. The summed E-state index contributed by atoms with van der Waals surface area (Å²) in [6.07, 6.45) is 0. The summed E-state index contributed by atoms with van der Waals surface area (Å²) < 4.78 is 7.21. The Bertz CT molecular complexity index is 1100. The van der Waals surface area contributed by atoms with Gasteiger partial charge in [-0.1, -0.05) is 35.5 Å². The van der Waals surface area contributed by atoms with Gasteiger partial charge in [0.15, 0.2) is 11.0 Å². The van der Waals surface area contributed by atoms with Gasteiger partial charge in [-0.2, -0.15) is 0 Å². The first-order valence-electron chi connectivity index (χ1n) is 9.79. The average Bonchev–Trinajstić information content (AvgIpc) is 3.16. The highest BCUT2D eigenvalue weighted by atomic mass is 32.2. The fourth-order valence-electron chi connectivity index (χ4n) is 3.05. The first kappa shape index (κ1) is 22.4. The minimum Gasteiger partial charge on any atom is -0.497 e. The van der Waals surface area contributed by atoms with E-state index in [1.807, 2.05) is 36.6 Å². The van der Waals surface area contributed by atoms with Crippen molar-refractivity contribution < 1.29 is 14.3 Å². The third-order valence-electron chi connectivity index (χ3n) is 4.45. The number of thioether (sulfide) groups is 1. The van der Waals surface area contributed by atoms with E-state index in [9.17, 15) is 9.59 Å². The van der Waals surface area contributed by atoms with Crippen molar-refractivity contribution in [3.05, 3.63) is 48.0 Å². The van der Waals surface area contributed by atoms with Crippen LogP contribution in [0.25, 0.3) is 11.4 Å². The largest absolute Gasteiger partial charge is 0.497 e. The monoisotopic (exact) mass is 439 g/mol. The van der Waals surface area contributed by atoms with Gasteiger partial charge in [0.25, 0.3) is 0 Å². The molecule has 1 heterocycles. The van der Waals surface area contributed by atoms with E-state index in [1.54, 1.807) is 18.2 Å². The first-order chi connectivity index (χ1) is 14.9. The van der Waals surface area contributed by atoms with Crippen molar-refractivity contribution in [1.82, 2.24) is 14.8 Å². The Morgan fingerprint density at radius 3 is 2.58 bits per heavy atom. The topological polar surface area (TPSA) is 98.1 Å². The third-order valence-corrected chi connectivity index (χ3v) is 5.42. The summed E-state index contributed by atoms with van der Waals surface area (Å²) in [5.41, 5.74) is 3.11. The third kappa shape index (κ3) is 5.64. The number of anilines is 2. The lowest BCUT2D eigenvalue weighted by atomic mass is 10.1. The van der Waals surface area contributed by atoms with Gasteiger partial charge in [-0.25, -0.2) is 0 Å². The van der Waals surface area contributed by atoms with Gasteiger partial charge in [0.05, 0.1) is 24.2 Å². The summed E-state index contributed by atoms with van der Waals surface area (Å²) in [6, 6.07) is 13.1. The Kier molecular flexibility index (Phi) is 7.30. The second kappa shape index (κ2) is 10.1. The SMILES string of the molecule is CCn1c(SCC(=O)Nc2cc(OC)ccc2NC(C)=O)nnc1-c1cccc(C)c1. The van der Waals surface area contributed by atoms with Crippen molar-refractivity contribution in [2.75, 3.05) is 23.5 Å². The number of methoxy groups -OCH3 is 1. The van der Waals surface area contributed by atoms with Gasteiger partial charge in [-0.3, -0.25) is 9.59 Å². The molecule has 0 saturated carbocycles. The number of hydrogen-bond acceptors (Lipinski definition) is 6. The zero-order chi connectivity index (χ0) is 22.4. The zero-order valence-corrected chi connectivity index (χ0v) is 18.7. The molecule has 2 aromatic carbocycles. The molecule has 0 aliphatic carbocycles. The standard InChI is InChI=1S/C22H25N5O3S/c1-5-27-21(16-8-6-7-14(2)11-16)25-26-22(27)31-13-20(29)24-19-12-17(30-4)9-10-18(19)23-15(3)28/h6-12H,5,13H2,1-4H3,(H,23,28)(H,24,29). The molecule has 0 unspecified atom stereocenters. The second-order valence-corrected chi connectivity index (χ2v) is 7.79. The van der Waals surface area contributed by atoms with Gasteiger partial charge >= 0.3 is 0 Å². The lowest BCUT2D eigenvalue weighted by molar-refractivity contribution is -0.115. The Labute approximate surface area is 185 Å². The molecular formula is C22H25N5O3S. The Balaban J connectivity index is 1.72. The average molecular weight is 440 g/mol. The Morgan fingerprint density at radius 1 is 1.10 bits per heavy atom. The van der Waals surface area contributed by atoms with Gasteiger partial charge in [0.2, 0.25) is 11.8 Å². The van der Waals surface area contributed by atoms with Crippen LogP contribution in [0.5, 0.6) is 5.75 Å². The molecule has 0 bridgehead atoms. The van der Waals surface area contributed by atoms with Gasteiger partial charge in [-0.05, 0) is 32.0 Å². The van der Waals surface area contributed by atoms with E-state index in [0.29, 0.717) is 28.8 Å². The second-order valence-electron chi connectivity index (χ2n) is 6.85. The quantitative estimate of drug-likeness (QED) is 0.516. The van der Waals surface area contributed by atoms with E-state index in [-0.39, 0.29) is 17.6 Å². The van der Waals surface area contributed by atoms with Crippen molar-refractivity contribution in [2.45, 2.75) is 32.5 Å². The number of carbonyl (C=O) groups is 2. The van der Waals surface area contributed by atoms with Crippen LogP contribution in [0.3, 0.4) is 0 Å². The molecule has 9 heteroatoms. The van der Waals surface area contributed by atoms with E-state index in [1.165, 1.54) is 25.8 Å². The van der Waals surface area contributed by atoms with E-state index in [0.717, 1.165) is 17.0 Å². The summed E-state index contributed by atoms with van der Waals surface area (Å²) in [5, 5.41) is 14.8. The maximum absolute atomic E-state index is 12.6. The van der Waals surface area contributed by atoms with Gasteiger partial charge in [0, 0.05) is 25.1 Å². The number of ether oxygens (including phenoxy) is 1. The highest BCUT2D eigenvalue weighted by molar-refractivity contribution is 7.99. The molecule has 3 aromatic rings. The Hall–Kier alpha value is -3.33. The highest BCUT2D eigenvalue weighted by Gasteiger charge is 2.16. The molecule has 0 aliphatic heterocycles. The number of benzene rings is 2. The molecule has 0 radical (unpaired) electrons. The van der Waals surface area contributed by atoms with Crippen molar-refractivity contribution in [3.63, 3.8) is 0 Å². The Morgan fingerprint density at radius 2 is 1.90 bits per heavy atom. The summed E-state index contributed by atoms with van der Waals surface area (Å²) in [7, 11) is 1.54. The van der Waals surface area contributed by atoms with Gasteiger partial charge in [-0.15, -0.1) is 10.2 Å². The van der Waals surface area contributed by atoms with E-state index in [4.69, 9.17) is 4.74 Å². The number of nitrogens with zero attached hydrogens (tertiary/aromatic N) is 3. The molecule has 8 nitrogen and oxygen atoms in total. The molecule has 2 amide bonds. The van der Waals surface area contributed by atoms with Crippen molar-refractivity contribution >= 4 is 35.0 Å². The van der Waals surface area contributed by atoms with Crippen molar-refractivity contribution in [3.8, 4) is 17.1 Å². The van der Waals surface area contributed by atoms with Crippen LogP contribution in [0.1, 0.15) is 19.4 Å². The molecule has 1 aromatic heterocycles. The maximum atomic E-state index is 12.6. The van der Waals surface area contributed by atoms with Crippen LogP contribution in [-0.4, -0.2) is 39.4 Å². The lowest BCUT2D eigenvalue weighted by Crippen LogP contribution is -2.17. The summed E-state index contributed by atoms with van der Waals surface area (Å²) in [6.45, 7) is 6.14. The fraction of sp³-hybridized carbons (Fsp3) is 0.273. The molecule has 0 fully saturated rings. The summed E-state index contributed by atoms with van der Waals surface area (Å²) in [4.78, 5) is 24.1. The van der Waals surface area contributed by atoms with Crippen LogP contribution < -0.4 is 15.4 Å². The molecule has 162 valence electrons. The van der Waals surface area contributed by atoms with Crippen LogP contribution >= 0.6 is 11.8 Å². The number of amides is 2. The number of carbonyl (C=O) groups excluding carboxylic acids is 2. The smallest absolute Gasteiger partial charge is 0.234 e.